The Bertz CT molecular complexity index is 625. The molecule has 2 rings (SSSR count). The molecule has 0 aliphatic heterocycles. The highest BCUT2D eigenvalue weighted by Gasteiger charge is 2.15. The van der Waals surface area contributed by atoms with E-state index in [4.69, 9.17) is 21.1 Å². The molecule has 1 N–H and O–H groups in total. The van der Waals surface area contributed by atoms with E-state index in [2.05, 4.69) is 10.2 Å². The van der Waals surface area contributed by atoms with Gasteiger partial charge in [0.1, 0.15) is 5.82 Å². The average molecular weight is 313 g/mol. The maximum Gasteiger partial charge on any atom is 0.303 e. The largest absolute Gasteiger partial charge is 0.481 e. The van der Waals surface area contributed by atoms with Gasteiger partial charge in [0, 0.05) is 23.4 Å². The third-order valence-electron chi connectivity index (χ3n) is 2.94. The van der Waals surface area contributed by atoms with Crippen molar-refractivity contribution in [2.75, 3.05) is 0 Å². The van der Waals surface area contributed by atoms with E-state index < -0.39 is 11.8 Å². The normalized spacial score (nSPS) is 12.3. The van der Waals surface area contributed by atoms with Gasteiger partial charge >= 0.3 is 5.97 Å². The Labute approximate surface area is 125 Å². The summed E-state index contributed by atoms with van der Waals surface area (Å²) >= 11 is 5.93. The van der Waals surface area contributed by atoms with Crippen LogP contribution in [0.15, 0.2) is 22.6 Å². The van der Waals surface area contributed by atoms with Crippen LogP contribution in [0.25, 0.3) is 0 Å². The number of carboxylic acids is 1. The first-order valence-corrected chi connectivity index (χ1v) is 6.79. The van der Waals surface area contributed by atoms with Crippen LogP contribution in [0.2, 0.25) is 5.02 Å². The molecule has 0 bridgehead atoms. The number of hydrogen-bond donors (Lipinski definition) is 1. The third kappa shape index (κ3) is 4.26. The van der Waals surface area contributed by atoms with Gasteiger partial charge in [0.2, 0.25) is 11.8 Å². The zero-order valence-corrected chi connectivity index (χ0v) is 12.1. The van der Waals surface area contributed by atoms with Crippen LogP contribution in [0.4, 0.5) is 4.39 Å². The molecule has 112 valence electrons. The van der Waals surface area contributed by atoms with E-state index in [0.29, 0.717) is 22.9 Å². The molecule has 5 nitrogen and oxygen atoms in total. The molecule has 0 fully saturated rings. The van der Waals surface area contributed by atoms with Crippen LogP contribution in [0.3, 0.4) is 0 Å². The minimum Gasteiger partial charge on any atom is -0.481 e. The lowest BCUT2D eigenvalue weighted by atomic mass is 10.0. The van der Waals surface area contributed by atoms with E-state index in [0.717, 1.165) is 0 Å². The zero-order chi connectivity index (χ0) is 15.4. The molecule has 1 aromatic carbocycles. The Morgan fingerprint density at radius 2 is 2.14 bits per heavy atom. The molecule has 0 radical (unpaired) electrons. The Morgan fingerprint density at radius 1 is 1.43 bits per heavy atom. The smallest absolute Gasteiger partial charge is 0.303 e. The fraction of sp³-hybridized carbons (Fsp3) is 0.357. The molecule has 1 atom stereocenters. The van der Waals surface area contributed by atoms with Crippen molar-refractivity contribution >= 4 is 17.6 Å². The van der Waals surface area contributed by atoms with Gasteiger partial charge in [-0.25, -0.2) is 4.39 Å². The van der Waals surface area contributed by atoms with Gasteiger partial charge in [0.15, 0.2) is 0 Å². The van der Waals surface area contributed by atoms with Crippen LogP contribution in [0, 0.1) is 11.7 Å². The van der Waals surface area contributed by atoms with Crippen LogP contribution in [0.1, 0.15) is 30.7 Å². The predicted molar refractivity (Wildman–Crippen MR) is 73.6 cm³/mol. The summed E-state index contributed by atoms with van der Waals surface area (Å²) in [5.41, 5.74) is 0.299. The fourth-order valence-corrected chi connectivity index (χ4v) is 2.19. The van der Waals surface area contributed by atoms with Gasteiger partial charge in [-0.1, -0.05) is 24.6 Å². The van der Waals surface area contributed by atoms with Gasteiger partial charge in [-0.2, -0.15) is 0 Å². The van der Waals surface area contributed by atoms with Crippen molar-refractivity contribution in [3.63, 3.8) is 0 Å². The Balaban J connectivity index is 2.05. The highest BCUT2D eigenvalue weighted by molar-refractivity contribution is 6.31. The van der Waals surface area contributed by atoms with E-state index in [9.17, 15) is 9.18 Å². The number of benzene rings is 1. The molecule has 1 unspecified atom stereocenters. The highest BCUT2D eigenvalue weighted by atomic mass is 35.5. The van der Waals surface area contributed by atoms with Crippen molar-refractivity contribution in [1.29, 1.82) is 0 Å². The summed E-state index contributed by atoms with van der Waals surface area (Å²) in [5.74, 6) is -0.833. The van der Waals surface area contributed by atoms with Crippen molar-refractivity contribution in [1.82, 2.24) is 10.2 Å². The molecule has 0 aliphatic rings. The zero-order valence-electron chi connectivity index (χ0n) is 11.3. The monoisotopic (exact) mass is 312 g/mol. The van der Waals surface area contributed by atoms with E-state index in [1.807, 2.05) is 0 Å². The molecule has 0 amide bonds. The second-order valence-electron chi connectivity index (χ2n) is 4.87. The molecule has 0 aliphatic carbocycles. The predicted octanol–water partition coefficient (Wildman–Crippen LogP) is 3.11. The van der Waals surface area contributed by atoms with Crippen molar-refractivity contribution in [3.05, 3.63) is 46.4 Å². The second kappa shape index (κ2) is 6.67. The number of aliphatic carboxylic acids is 1. The molecular formula is C14H14ClFN2O3. The summed E-state index contributed by atoms with van der Waals surface area (Å²) in [6.07, 6.45) is 0.493. The summed E-state index contributed by atoms with van der Waals surface area (Å²) < 4.78 is 19.1. The number of aromatic nitrogens is 2. The number of carbonyl (C=O) groups is 1. The van der Waals surface area contributed by atoms with Crippen LogP contribution in [-0.4, -0.2) is 21.3 Å². The van der Waals surface area contributed by atoms with Crippen molar-refractivity contribution in [2.24, 2.45) is 5.92 Å². The highest BCUT2D eigenvalue weighted by Crippen LogP contribution is 2.22. The molecule has 21 heavy (non-hydrogen) atoms. The lowest BCUT2D eigenvalue weighted by Crippen LogP contribution is -2.07. The van der Waals surface area contributed by atoms with Crippen LogP contribution in [-0.2, 0) is 17.6 Å². The summed E-state index contributed by atoms with van der Waals surface area (Å²) in [6.45, 7) is 1.78. The quantitative estimate of drug-likeness (QED) is 0.887. The summed E-state index contributed by atoms with van der Waals surface area (Å²) in [7, 11) is 0. The topological polar surface area (TPSA) is 76.2 Å². The van der Waals surface area contributed by atoms with Gasteiger partial charge in [-0.15, -0.1) is 10.2 Å². The van der Waals surface area contributed by atoms with Crippen LogP contribution >= 0.6 is 11.6 Å². The fourth-order valence-electron chi connectivity index (χ4n) is 1.96. The first-order valence-electron chi connectivity index (χ1n) is 6.41. The van der Waals surface area contributed by atoms with Gasteiger partial charge in [-0.3, -0.25) is 4.79 Å². The summed E-state index contributed by atoms with van der Waals surface area (Å²) in [4.78, 5) is 10.6. The van der Waals surface area contributed by atoms with Crippen molar-refractivity contribution in [2.45, 2.75) is 26.2 Å². The maximum atomic E-state index is 13.7. The molecular weight excluding hydrogens is 299 g/mol. The van der Waals surface area contributed by atoms with E-state index in [1.54, 1.807) is 13.0 Å². The Morgan fingerprint density at radius 3 is 2.81 bits per heavy atom. The first kappa shape index (κ1) is 15.4. The Hall–Kier alpha value is -1.95. The molecule has 1 aromatic heterocycles. The summed E-state index contributed by atoms with van der Waals surface area (Å²) in [5, 5.41) is 16.7. The Kier molecular flexibility index (Phi) is 4.90. The number of halogens is 2. The lowest BCUT2D eigenvalue weighted by molar-refractivity contribution is -0.137. The van der Waals surface area contributed by atoms with Crippen LogP contribution in [0.5, 0.6) is 0 Å². The van der Waals surface area contributed by atoms with Gasteiger partial charge < -0.3 is 9.52 Å². The second-order valence-corrected chi connectivity index (χ2v) is 5.28. The van der Waals surface area contributed by atoms with E-state index >= 15 is 0 Å². The lowest BCUT2D eigenvalue weighted by Gasteiger charge is -2.04. The van der Waals surface area contributed by atoms with Crippen molar-refractivity contribution < 1.29 is 18.7 Å². The molecule has 0 saturated heterocycles. The minimum absolute atomic E-state index is 0.0247. The number of carboxylic acid groups (broad SMARTS) is 1. The molecule has 7 heteroatoms. The van der Waals surface area contributed by atoms with Gasteiger partial charge in [0.25, 0.3) is 0 Å². The SMILES string of the molecule is CC(CC(=O)O)Cc1nnc(Cc2c(F)cccc2Cl)o1. The van der Waals surface area contributed by atoms with Crippen molar-refractivity contribution in [3.8, 4) is 0 Å². The van der Waals surface area contributed by atoms with Crippen LogP contribution < -0.4 is 0 Å². The summed E-state index contributed by atoms with van der Waals surface area (Å²) in [6, 6.07) is 4.42. The number of hydrogen-bond acceptors (Lipinski definition) is 4. The van der Waals surface area contributed by atoms with E-state index in [1.165, 1.54) is 12.1 Å². The minimum atomic E-state index is -0.875. The van der Waals surface area contributed by atoms with E-state index in [-0.39, 0.29) is 24.7 Å². The molecule has 0 saturated carbocycles. The van der Waals surface area contributed by atoms with Gasteiger partial charge in [-0.05, 0) is 18.1 Å². The number of rotatable bonds is 6. The molecule has 2 aromatic rings. The molecule has 1 heterocycles. The average Bonchev–Trinajstić information content (AvgIpc) is 2.80. The standard InChI is InChI=1S/C14H14ClFN2O3/c1-8(6-14(19)20)5-12-17-18-13(21-12)7-9-10(15)3-2-4-11(9)16/h2-4,8H,5-7H2,1H3,(H,19,20). The number of nitrogens with zero attached hydrogens (tertiary/aromatic N) is 2. The van der Waals surface area contributed by atoms with Gasteiger partial charge in [0.05, 0.1) is 6.42 Å². The molecule has 0 spiro atoms. The maximum absolute atomic E-state index is 13.7. The third-order valence-corrected chi connectivity index (χ3v) is 3.30. The first-order chi connectivity index (χ1) is 9.95.